The summed E-state index contributed by atoms with van der Waals surface area (Å²) < 4.78 is 25.3. The molecule has 5 heterocycles. The van der Waals surface area contributed by atoms with Gasteiger partial charge in [-0.15, -0.1) is 0 Å². The molecule has 1 aliphatic rings. The molecule has 238 valence electrons. The van der Waals surface area contributed by atoms with E-state index in [2.05, 4.69) is 37.7 Å². The Morgan fingerprint density at radius 3 is 1.63 bits per heavy atom. The van der Waals surface area contributed by atoms with Gasteiger partial charge in [0.05, 0.1) is 44.6 Å². The van der Waals surface area contributed by atoms with Gasteiger partial charge in [-0.3, -0.25) is 0 Å². The largest absolute Gasteiger partial charge is 0.494 e. The van der Waals surface area contributed by atoms with Crippen molar-refractivity contribution in [2.45, 2.75) is 52.7 Å². The first-order valence-corrected chi connectivity index (χ1v) is 17.1. The molecule has 4 aromatic heterocycles. The highest BCUT2D eigenvalue weighted by Crippen LogP contribution is 2.37. The minimum Gasteiger partial charge on any atom is -0.399 e. The zero-order valence-corrected chi connectivity index (χ0v) is 30.0. The second kappa shape index (κ2) is 14.0. The van der Waals surface area contributed by atoms with Gasteiger partial charge in [-0.25, -0.2) is 4.37 Å². The molecule has 0 bridgehead atoms. The van der Waals surface area contributed by atoms with Crippen LogP contribution >= 0.6 is 39.0 Å². The minimum atomic E-state index is -0.379. The van der Waals surface area contributed by atoms with Gasteiger partial charge >= 0.3 is 7.12 Å². The van der Waals surface area contributed by atoms with Crippen molar-refractivity contribution in [1.29, 1.82) is 0 Å². The van der Waals surface area contributed by atoms with Crippen LogP contribution in [0.1, 0.15) is 37.4 Å². The number of nitrogen functional groups attached to an aromatic ring is 2. The zero-order valence-electron chi connectivity index (χ0n) is 26.8. The fourth-order valence-corrected chi connectivity index (χ4v) is 6.24. The maximum Gasteiger partial charge on any atom is 0.494 e. The number of rotatable bonds is 4. The first-order valence-electron chi connectivity index (χ1n) is 14.8. The molecule has 0 amide bonds. The van der Waals surface area contributed by atoms with E-state index in [-0.39, 0.29) is 18.3 Å². The number of nitrogens with two attached hydrogens (primary N) is 2. The number of hydrogen-bond donors (Lipinski definition) is 2. The molecule has 0 spiro atoms. The van der Waals surface area contributed by atoms with E-state index in [1.165, 1.54) is 32.8 Å². The second-order valence-corrected chi connectivity index (χ2v) is 14.8. The Balaban J connectivity index is 0.000000151. The third kappa shape index (κ3) is 7.48. The molecular weight excluding hydrogens is 679 g/mol. The number of halogens is 1. The molecule has 0 atom stereocenters. The van der Waals surface area contributed by atoms with E-state index in [9.17, 15) is 0 Å². The van der Waals surface area contributed by atoms with Crippen LogP contribution in [0.15, 0.2) is 102 Å². The molecule has 1 fully saturated rings. The molecule has 2 aromatic carbocycles. The van der Waals surface area contributed by atoms with Gasteiger partial charge in [0.15, 0.2) is 0 Å². The van der Waals surface area contributed by atoms with Gasteiger partial charge in [-0.05, 0) is 140 Å². The molecule has 12 heteroatoms. The normalized spacial score (nSPS) is 14.7. The van der Waals surface area contributed by atoms with Gasteiger partial charge in [0.2, 0.25) is 0 Å². The van der Waals surface area contributed by atoms with Crippen LogP contribution in [0.2, 0.25) is 0 Å². The monoisotopic (exact) mass is 716 g/mol. The third-order valence-corrected chi connectivity index (χ3v) is 10.6. The number of aromatic nitrogens is 4. The summed E-state index contributed by atoms with van der Waals surface area (Å²) in [5.41, 5.74) is 18.3. The lowest BCUT2D eigenvalue weighted by Gasteiger charge is -2.32. The van der Waals surface area contributed by atoms with Crippen LogP contribution in [0.25, 0.3) is 22.5 Å². The van der Waals surface area contributed by atoms with Crippen molar-refractivity contribution in [2.75, 3.05) is 11.5 Å². The van der Waals surface area contributed by atoms with Crippen LogP contribution in [0.3, 0.4) is 0 Å². The van der Waals surface area contributed by atoms with E-state index < -0.39 is 0 Å². The summed E-state index contributed by atoms with van der Waals surface area (Å²) >= 11 is 6.33. The Hall–Kier alpha value is -3.68. The van der Waals surface area contributed by atoms with E-state index in [0.29, 0.717) is 5.69 Å². The van der Waals surface area contributed by atoms with E-state index in [0.717, 1.165) is 38.1 Å². The van der Waals surface area contributed by atoms with Gasteiger partial charge in [0, 0.05) is 46.3 Å². The number of hydrogen-bond acceptors (Lipinski definition) is 8. The van der Waals surface area contributed by atoms with Crippen molar-refractivity contribution in [1.82, 2.24) is 17.9 Å². The fraction of sp³-hybridized carbons (Fsp3) is 0.235. The van der Waals surface area contributed by atoms with Gasteiger partial charge < -0.3 is 29.9 Å². The molecule has 4 N–H and O–H groups in total. The van der Waals surface area contributed by atoms with Crippen molar-refractivity contribution in [3.8, 4) is 22.5 Å². The zero-order chi connectivity index (χ0) is 33.1. The molecule has 0 radical (unpaired) electrons. The molecule has 0 unspecified atom stereocenters. The predicted octanol–water partition coefficient (Wildman–Crippen LogP) is 8.06. The van der Waals surface area contributed by atoms with E-state index in [4.69, 9.17) is 20.8 Å². The highest BCUT2D eigenvalue weighted by atomic mass is 79.9. The lowest BCUT2D eigenvalue weighted by Crippen LogP contribution is -2.41. The van der Waals surface area contributed by atoms with Crippen LogP contribution in [-0.4, -0.2) is 36.2 Å². The molecule has 46 heavy (non-hydrogen) atoms. The van der Waals surface area contributed by atoms with E-state index in [1.54, 1.807) is 6.20 Å². The van der Waals surface area contributed by atoms with Gasteiger partial charge in [0.1, 0.15) is 0 Å². The number of nitrogens with zero attached hydrogens (tertiary/aromatic N) is 4. The molecule has 8 nitrogen and oxygen atoms in total. The number of benzene rings is 2. The number of aryl methyl sites for hydroxylation is 2. The van der Waals surface area contributed by atoms with Gasteiger partial charge in [-0.2, -0.15) is 4.37 Å². The quantitative estimate of drug-likeness (QED) is 0.141. The van der Waals surface area contributed by atoms with E-state index >= 15 is 0 Å². The lowest BCUT2D eigenvalue weighted by atomic mass is 9.79. The fourth-order valence-electron chi connectivity index (χ4n) is 4.74. The second-order valence-electron chi connectivity index (χ2n) is 11.9. The average Bonchev–Trinajstić information content (AvgIpc) is 3.85. The molecule has 1 aliphatic heterocycles. The maximum atomic E-state index is 6.18. The van der Waals surface area contributed by atoms with Crippen molar-refractivity contribution >= 4 is 63.0 Å². The molecular formula is C34H38BBrN6O2S2. The highest BCUT2D eigenvalue weighted by Gasteiger charge is 2.51. The number of anilines is 2. The molecule has 1 saturated heterocycles. The van der Waals surface area contributed by atoms with Crippen LogP contribution in [0.5, 0.6) is 0 Å². The summed E-state index contributed by atoms with van der Waals surface area (Å²) in [5.74, 6) is 0. The Morgan fingerprint density at radius 1 is 0.717 bits per heavy atom. The topological polar surface area (TPSA) is 106 Å². The van der Waals surface area contributed by atoms with Crippen molar-refractivity contribution < 1.29 is 9.31 Å². The summed E-state index contributed by atoms with van der Waals surface area (Å²) in [6.45, 7) is 12.3. The molecule has 0 aliphatic carbocycles. The van der Waals surface area contributed by atoms with Crippen molar-refractivity contribution in [3.05, 3.63) is 112 Å². The lowest BCUT2D eigenvalue weighted by molar-refractivity contribution is 0.00578. The standard InChI is InChI=1S/C16H21BN2O2.C14H13N3S.C4H4BrNS/c1-15(2)16(3,4)21-17(20-15)12-7-8-14(13(18)11-12)19-9-5-6-10-19;1-10-12(9-16-18-10)11-4-5-14(13(15)8-11)17-6-2-3-7-17;1-3-4(5)2-6-7-3/h5-11H,18H2,1-4H3;2-9H,15H2,1H3;2H,1H3. The van der Waals surface area contributed by atoms with E-state index in [1.807, 2.05) is 129 Å². The van der Waals surface area contributed by atoms with Gasteiger partial charge in [0.25, 0.3) is 0 Å². The summed E-state index contributed by atoms with van der Waals surface area (Å²) in [6.07, 6.45) is 11.6. The Labute approximate surface area is 287 Å². The van der Waals surface area contributed by atoms with Crippen molar-refractivity contribution in [2.24, 2.45) is 0 Å². The van der Waals surface area contributed by atoms with Crippen molar-refractivity contribution in [3.63, 3.8) is 0 Å². The summed E-state index contributed by atoms with van der Waals surface area (Å²) in [4.78, 5) is 2.45. The summed E-state index contributed by atoms with van der Waals surface area (Å²) in [6, 6.07) is 20.0. The first kappa shape index (κ1) is 33.7. The maximum absolute atomic E-state index is 6.18. The summed E-state index contributed by atoms with van der Waals surface area (Å²) in [7, 11) is -0.379. The first-order chi connectivity index (χ1) is 21.9. The Kier molecular flexibility index (Phi) is 10.2. The minimum absolute atomic E-state index is 0.342. The highest BCUT2D eigenvalue weighted by molar-refractivity contribution is 9.10. The van der Waals surface area contributed by atoms with Crippen LogP contribution in [0.4, 0.5) is 11.4 Å². The smallest absolute Gasteiger partial charge is 0.399 e. The Morgan fingerprint density at radius 2 is 1.22 bits per heavy atom. The Bertz CT molecular complexity index is 1850. The predicted molar refractivity (Wildman–Crippen MR) is 196 cm³/mol. The third-order valence-electron chi connectivity index (χ3n) is 8.12. The van der Waals surface area contributed by atoms with Crippen LogP contribution < -0.4 is 16.9 Å². The SMILES string of the molecule is CC1(C)OB(c2ccc(-n3cccc3)c(N)c2)OC1(C)C.Cc1sncc1-c1ccc(-n2cccc2)c(N)c1.Cc1sncc1Br. The van der Waals surface area contributed by atoms with Crippen LogP contribution in [-0.2, 0) is 9.31 Å². The average molecular weight is 718 g/mol. The molecule has 6 aromatic rings. The molecule has 7 rings (SSSR count). The van der Waals surface area contributed by atoms with Gasteiger partial charge in [-0.1, -0.05) is 12.1 Å². The molecule has 0 saturated carbocycles. The summed E-state index contributed by atoms with van der Waals surface area (Å²) in [5, 5.41) is 0. The van der Waals surface area contributed by atoms with Crippen LogP contribution in [0, 0.1) is 13.8 Å².